The molecule has 0 fully saturated rings. The number of carbonyl (C=O) groups is 2. The van der Waals surface area contributed by atoms with E-state index in [2.05, 4.69) is 5.32 Å². The van der Waals surface area contributed by atoms with Crippen molar-refractivity contribution < 1.29 is 18.7 Å². The van der Waals surface area contributed by atoms with Crippen LogP contribution in [0.4, 0.5) is 14.9 Å². The van der Waals surface area contributed by atoms with Gasteiger partial charge in [-0.25, -0.2) is 14.2 Å². The van der Waals surface area contributed by atoms with Crippen molar-refractivity contribution in [2.24, 2.45) is 0 Å². The first kappa shape index (κ1) is 24.4. The van der Waals surface area contributed by atoms with E-state index in [1.54, 1.807) is 6.92 Å². The molecule has 35 heavy (non-hydrogen) atoms. The smallest absolute Gasteiger partial charge is 0.410 e. The number of hydrogen-bond acceptors (Lipinski definition) is 5. The third-order valence-electron chi connectivity index (χ3n) is 5.66. The average molecular weight is 499 g/mol. The molecular weight excluding hydrogens is 475 g/mol. The predicted octanol–water partition coefficient (Wildman–Crippen LogP) is 4.16. The van der Waals surface area contributed by atoms with Gasteiger partial charge in [-0.05, 0) is 38.5 Å². The maximum atomic E-state index is 13.5. The number of halogens is 2. The van der Waals surface area contributed by atoms with Gasteiger partial charge in [-0.3, -0.25) is 14.2 Å². The number of fused-ring (bicyclic) bond motifs is 1. The van der Waals surface area contributed by atoms with Crippen LogP contribution in [0, 0.1) is 12.7 Å². The number of ether oxygens (including phenoxy) is 1. The standard InChI is InChI=1S/C25H24ClFN4O4/c1-3-35-25(34)30-11-10-18-21(13-30)29-23(16-6-4-15(2)5-7-16)31(24(18)33)14-22(32)28-20-9-8-17(27)12-19(20)26/h4-9,12H,3,10-11,13-14H2,1-2H3,(H,28,32). The van der Waals surface area contributed by atoms with Gasteiger partial charge in [-0.15, -0.1) is 0 Å². The van der Waals surface area contributed by atoms with Crippen LogP contribution in [0.15, 0.2) is 47.3 Å². The molecule has 1 aromatic heterocycles. The second-order valence-electron chi connectivity index (χ2n) is 8.16. The Bertz CT molecular complexity index is 1340. The minimum Gasteiger partial charge on any atom is -0.450 e. The Morgan fingerprint density at radius 1 is 1.20 bits per heavy atom. The number of aryl methyl sites for hydroxylation is 1. The summed E-state index contributed by atoms with van der Waals surface area (Å²) in [5, 5.41) is 2.67. The second-order valence-corrected chi connectivity index (χ2v) is 8.57. The van der Waals surface area contributed by atoms with Crippen LogP contribution in [0.3, 0.4) is 0 Å². The van der Waals surface area contributed by atoms with Crippen LogP contribution in [-0.2, 0) is 29.0 Å². The molecule has 10 heteroatoms. The Balaban J connectivity index is 1.71. The van der Waals surface area contributed by atoms with E-state index >= 15 is 0 Å². The molecule has 0 saturated carbocycles. The Morgan fingerprint density at radius 3 is 2.63 bits per heavy atom. The van der Waals surface area contributed by atoms with Crippen molar-refractivity contribution in [2.45, 2.75) is 33.4 Å². The summed E-state index contributed by atoms with van der Waals surface area (Å²) in [7, 11) is 0. The summed E-state index contributed by atoms with van der Waals surface area (Å²) in [6.07, 6.45) is -0.170. The normalized spacial score (nSPS) is 12.7. The molecular formula is C25H24ClFN4O4. The number of carbonyl (C=O) groups excluding carboxylic acids is 2. The number of rotatable bonds is 5. The van der Waals surface area contributed by atoms with E-state index in [1.165, 1.54) is 21.6 Å². The first-order chi connectivity index (χ1) is 16.8. The second kappa shape index (κ2) is 10.3. The molecule has 0 bridgehead atoms. The van der Waals surface area contributed by atoms with Crippen molar-refractivity contribution in [3.8, 4) is 11.4 Å². The molecule has 0 atom stereocenters. The van der Waals surface area contributed by atoms with Crippen LogP contribution in [0.5, 0.6) is 0 Å². The predicted molar refractivity (Wildman–Crippen MR) is 130 cm³/mol. The zero-order valence-corrected chi connectivity index (χ0v) is 20.1. The Kier molecular flexibility index (Phi) is 7.16. The number of anilines is 1. The lowest BCUT2D eigenvalue weighted by Crippen LogP contribution is -2.42. The molecule has 2 aromatic carbocycles. The van der Waals surface area contributed by atoms with Gasteiger partial charge >= 0.3 is 6.09 Å². The van der Waals surface area contributed by atoms with Crippen molar-refractivity contribution in [1.82, 2.24) is 14.5 Å². The quantitative estimate of drug-likeness (QED) is 0.570. The highest BCUT2D eigenvalue weighted by Crippen LogP contribution is 2.24. The highest BCUT2D eigenvalue weighted by molar-refractivity contribution is 6.33. The molecule has 0 unspecified atom stereocenters. The Hall–Kier alpha value is -3.72. The van der Waals surface area contributed by atoms with E-state index in [9.17, 15) is 18.8 Å². The summed E-state index contributed by atoms with van der Waals surface area (Å²) in [6, 6.07) is 11.0. The van der Waals surface area contributed by atoms with Gasteiger partial charge < -0.3 is 15.0 Å². The first-order valence-electron chi connectivity index (χ1n) is 11.1. The third-order valence-corrected chi connectivity index (χ3v) is 5.98. The topological polar surface area (TPSA) is 93.5 Å². The molecule has 2 heterocycles. The highest BCUT2D eigenvalue weighted by atomic mass is 35.5. The molecule has 1 N–H and O–H groups in total. The maximum absolute atomic E-state index is 13.5. The summed E-state index contributed by atoms with van der Waals surface area (Å²) in [5.74, 6) is -0.735. The minimum absolute atomic E-state index is 0.0482. The van der Waals surface area contributed by atoms with Gasteiger partial charge in [0.1, 0.15) is 18.2 Å². The van der Waals surface area contributed by atoms with Crippen LogP contribution >= 0.6 is 11.6 Å². The average Bonchev–Trinajstić information content (AvgIpc) is 2.83. The van der Waals surface area contributed by atoms with Crippen LogP contribution in [0.25, 0.3) is 11.4 Å². The zero-order chi connectivity index (χ0) is 25.1. The SMILES string of the molecule is CCOC(=O)N1CCc2c(nc(-c3ccc(C)cc3)n(CC(=O)Nc3ccc(F)cc3Cl)c2=O)C1. The van der Waals surface area contributed by atoms with E-state index in [1.807, 2.05) is 31.2 Å². The van der Waals surface area contributed by atoms with E-state index in [0.717, 1.165) is 11.6 Å². The number of hydrogen-bond donors (Lipinski definition) is 1. The molecule has 182 valence electrons. The number of aromatic nitrogens is 2. The van der Waals surface area contributed by atoms with E-state index in [4.69, 9.17) is 21.3 Å². The van der Waals surface area contributed by atoms with E-state index in [-0.39, 0.29) is 36.0 Å². The summed E-state index contributed by atoms with van der Waals surface area (Å²) in [6.45, 7) is 4.04. The van der Waals surface area contributed by atoms with Crippen LogP contribution in [0.1, 0.15) is 23.7 Å². The summed E-state index contributed by atoms with van der Waals surface area (Å²) in [4.78, 5) is 44.8. The molecule has 0 spiro atoms. The number of amides is 2. The van der Waals surface area contributed by atoms with Crippen molar-refractivity contribution in [2.75, 3.05) is 18.5 Å². The van der Waals surface area contributed by atoms with Gasteiger partial charge in [0.25, 0.3) is 5.56 Å². The van der Waals surface area contributed by atoms with Gasteiger partial charge in [0, 0.05) is 17.7 Å². The molecule has 0 aliphatic carbocycles. The fraction of sp³-hybridized carbons (Fsp3) is 0.280. The third kappa shape index (κ3) is 5.35. The molecule has 2 amide bonds. The number of benzene rings is 2. The lowest BCUT2D eigenvalue weighted by atomic mass is 10.1. The van der Waals surface area contributed by atoms with Crippen molar-refractivity contribution in [3.05, 3.63) is 80.5 Å². The number of nitrogens with zero attached hydrogens (tertiary/aromatic N) is 3. The van der Waals surface area contributed by atoms with Gasteiger partial charge in [0.2, 0.25) is 5.91 Å². The van der Waals surface area contributed by atoms with Crippen molar-refractivity contribution in [3.63, 3.8) is 0 Å². The van der Waals surface area contributed by atoms with E-state index in [0.29, 0.717) is 35.6 Å². The van der Waals surface area contributed by atoms with Crippen LogP contribution in [-0.4, -0.2) is 39.6 Å². The fourth-order valence-electron chi connectivity index (χ4n) is 3.89. The Labute approximate surface area is 206 Å². The zero-order valence-electron chi connectivity index (χ0n) is 19.3. The maximum Gasteiger partial charge on any atom is 0.410 e. The van der Waals surface area contributed by atoms with Gasteiger partial charge in [-0.2, -0.15) is 0 Å². The van der Waals surface area contributed by atoms with Gasteiger partial charge in [-0.1, -0.05) is 41.4 Å². The summed E-state index contributed by atoms with van der Waals surface area (Å²) < 4.78 is 19.8. The molecule has 8 nitrogen and oxygen atoms in total. The molecule has 4 rings (SSSR count). The fourth-order valence-corrected chi connectivity index (χ4v) is 4.11. The highest BCUT2D eigenvalue weighted by Gasteiger charge is 2.27. The molecule has 1 aliphatic rings. The first-order valence-corrected chi connectivity index (χ1v) is 11.5. The van der Waals surface area contributed by atoms with Crippen molar-refractivity contribution in [1.29, 1.82) is 0 Å². The molecule has 0 radical (unpaired) electrons. The molecule has 1 aliphatic heterocycles. The lowest BCUT2D eigenvalue weighted by molar-refractivity contribution is -0.116. The van der Waals surface area contributed by atoms with Crippen LogP contribution in [0.2, 0.25) is 5.02 Å². The van der Waals surface area contributed by atoms with Gasteiger partial charge in [0.15, 0.2) is 0 Å². The monoisotopic (exact) mass is 498 g/mol. The van der Waals surface area contributed by atoms with Crippen LogP contribution < -0.4 is 10.9 Å². The Morgan fingerprint density at radius 2 is 1.94 bits per heavy atom. The molecule has 3 aromatic rings. The minimum atomic E-state index is -0.526. The van der Waals surface area contributed by atoms with E-state index < -0.39 is 17.8 Å². The summed E-state index contributed by atoms with van der Waals surface area (Å²) in [5.41, 5.74) is 2.49. The number of nitrogens with one attached hydrogen (secondary N) is 1. The summed E-state index contributed by atoms with van der Waals surface area (Å²) >= 11 is 6.03. The largest absolute Gasteiger partial charge is 0.450 e. The molecule has 0 saturated heterocycles. The van der Waals surface area contributed by atoms with Gasteiger partial charge in [0.05, 0.1) is 29.6 Å². The van der Waals surface area contributed by atoms with Crippen molar-refractivity contribution >= 4 is 29.3 Å². The lowest BCUT2D eigenvalue weighted by Gasteiger charge is -2.28.